The molecule has 0 bridgehead atoms. The molecule has 16 heavy (non-hydrogen) atoms. The van der Waals surface area contributed by atoms with Crippen LogP contribution in [0, 0.1) is 12.3 Å². The lowest BCUT2D eigenvalue weighted by Crippen LogP contribution is -2.20. The third kappa shape index (κ3) is 2.07. The van der Waals surface area contributed by atoms with E-state index in [1.807, 2.05) is 13.0 Å². The predicted molar refractivity (Wildman–Crippen MR) is 64.8 cm³/mol. The highest BCUT2D eigenvalue weighted by Crippen LogP contribution is 2.52. The van der Waals surface area contributed by atoms with Crippen molar-refractivity contribution in [2.24, 2.45) is 5.41 Å². The van der Waals surface area contributed by atoms with E-state index in [4.69, 9.17) is 4.74 Å². The largest absolute Gasteiger partial charge is 0.496 e. The SMILES string of the molecule is COc1ccc(C)cc1CC1(C(C)O)CC1. The van der Waals surface area contributed by atoms with E-state index in [1.54, 1.807) is 7.11 Å². The molecule has 1 aliphatic rings. The number of rotatable bonds is 4. The fourth-order valence-electron chi connectivity index (χ4n) is 2.33. The van der Waals surface area contributed by atoms with E-state index in [0.29, 0.717) is 0 Å². The Bertz CT molecular complexity index is 378. The summed E-state index contributed by atoms with van der Waals surface area (Å²) in [7, 11) is 1.70. The second-order valence-electron chi connectivity index (χ2n) is 5.03. The fourth-order valence-corrected chi connectivity index (χ4v) is 2.33. The Hall–Kier alpha value is -1.02. The van der Waals surface area contributed by atoms with Crippen LogP contribution in [0.4, 0.5) is 0 Å². The van der Waals surface area contributed by atoms with Crippen LogP contribution in [-0.4, -0.2) is 18.3 Å². The van der Waals surface area contributed by atoms with Gasteiger partial charge in [0.2, 0.25) is 0 Å². The molecule has 0 radical (unpaired) electrons. The van der Waals surface area contributed by atoms with E-state index < -0.39 is 0 Å². The second-order valence-corrected chi connectivity index (χ2v) is 5.03. The number of methoxy groups -OCH3 is 1. The van der Waals surface area contributed by atoms with E-state index in [1.165, 1.54) is 11.1 Å². The van der Waals surface area contributed by atoms with Crippen LogP contribution in [0.15, 0.2) is 18.2 Å². The molecule has 1 aromatic rings. The molecule has 2 nitrogen and oxygen atoms in total. The number of hydrogen-bond donors (Lipinski definition) is 1. The molecule has 1 unspecified atom stereocenters. The van der Waals surface area contributed by atoms with Gasteiger partial charge in [-0.05, 0) is 44.7 Å². The summed E-state index contributed by atoms with van der Waals surface area (Å²) in [5, 5.41) is 9.80. The first-order valence-electron chi connectivity index (χ1n) is 5.89. The summed E-state index contributed by atoms with van der Waals surface area (Å²) in [6, 6.07) is 6.24. The van der Waals surface area contributed by atoms with Crippen LogP contribution in [-0.2, 0) is 6.42 Å². The smallest absolute Gasteiger partial charge is 0.122 e. The molecular weight excluding hydrogens is 200 g/mol. The van der Waals surface area contributed by atoms with Crippen LogP contribution in [0.25, 0.3) is 0 Å². The van der Waals surface area contributed by atoms with Gasteiger partial charge in [0, 0.05) is 5.41 Å². The molecule has 0 heterocycles. The van der Waals surface area contributed by atoms with Gasteiger partial charge in [-0.3, -0.25) is 0 Å². The number of aliphatic hydroxyl groups excluding tert-OH is 1. The van der Waals surface area contributed by atoms with Crippen molar-refractivity contribution in [3.8, 4) is 5.75 Å². The highest BCUT2D eigenvalue weighted by atomic mass is 16.5. The van der Waals surface area contributed by atoms with Gasteiger partial charge in [0.15, 0.2) is 0 Å². The number of ether oxygens (including phenoxy) is 1. The lowest BCUT2D eigenvalue weighted by Gasteiger charge is -2.20. The van der Waals surface area contributed by atoms with Gasteiger partial charge in [-0.25, -0.2) is 0 Å². The van der Waals surface area contributed by atoms with E-state index in [9.17, 15) is 5.11 Å². The molecule has 2 heteroatoms. The van der Waals surface area contributed by atoms with Crippen molar-refractivity contribution in [1.82, 2.24) is 0 Å². The molecule has 0 saturated heterocycles. The maximum atomic E-state index is 9.80. The average Bonchev–Trinajstić information content (AvgIpc) is 2.99. The van der Waals surface area contributed by atoms with Crippen LogP contribution < -0.4 is 4.74 Å². The summed E-state index contributed by atoms with van der Waals surface area (Å²) in [6.45, 7) is 3.99. The minimum absolute atomic E-state index is 0.112. The molecule has 1 aliphatic carbocycles. The van der Waals surface area contributed by atoms with Gasteiger partial charge in [-0.2, -0.15) is 0 Å². The molecule has 1 saturated carbocycles. The number of aliphatic hydroxyl groups is 1. The van der Waals surface area contributed by atoms with Crippen molar-refractivity contribution in [2.45, 2.75) is 39.2 Å². The van der Waals surface area contributed by atoms with Crippen LogP contribution in [0.1, 0.15) is 30.9 Å². The fraction of sp³-hybridized carbons (Fsp3) is 0.571. The third-order valence-electron chi connectivity index (χ3n) is 3.76. The Labute approximate surface area is 97.3 Å². The van der Waals surface area contributed by atoms with E-state index in [-0.39, 0.29) is 11.5 Å². The zero-order valence-electron chi connectivity index (χ0n) is 10.3. The van der Waals surface area contributed by atoms with Crippen molar-refractivity contribution in [1.29, 1.82) is 0 Å². The van der Waals surface area contributed by atoms with Crippen molar-refractivity contribution < 1.29 is 9.84 Å². The summed E-state index contributed by atoms with van der Waals surface area (Å²) in [4.78, 5) is 0. The standard InChI is InChI=1S/C14H20O2/c1-10-4-5-13(16-3)12(8-10)9-14(6-7-14)11(2)15/h4-5,8,11,15H,6-7,9H2,1-3H3. The Morgan fingerprint density at radius 3 is 2.62 bits per heavy atom. The number of aryl methyl sites for hydroxylation is 1. The lowest BCUT2D eigenvalue weighted by molar-refractivity contribution is 0.110. The first-order chi connectivity index (χ1) is 7.57. The molecular formula is C14H20O2. The summed E-state index contributed by atoms with van der Waals surface area (Å²) in [6.07, 6.45) is 2.96. The molecule has 1 fully saturated rings. The third-order valence-corrected chi connectivity index (χ3v) is 3.76. The van der Waals surface area contributed by atoms with Gasteiger partial charge in [0.05, 0.1) is 13.2 Å². The normalized spacial score (nSPS) is 19.2. The molecule has 1 N–H and O–H groups in total. The van der Waals surface area contributed by atoms with Gasteiger partial charge < -0.3 is 9.84 Å². The zero-order chi connectivity index (χ0) is 11.8. The van der Waals surface area contributed by atoms with Gasteiger partial charge in [0.1, 0.15) is 5.75 Å². The van der Waals surface area contributed by atoms with Gasteiger partial charge >= 0.3 is 0 Å². The molecule has 0 amide bonds. The van der Waals surface area contributed by atoms with E-state index >= 15 is 0 Å². The van der Waals surface area contributed by atoms with Crippen LogP contribution in [0.2, 0.25) is 0 Å². The van der Waals surface area contributed by atoms with Crippen molar-refractivity contribution >= 4 is 0 Å². The minimum atomic E-state index is -0.224. The predicted octanol–water partition coefficient (Wildman–Crippen LogP) is 2.71. The first kappa shape index (κ1) is 11.5. The highest BCUT2D eigenvalue weighted by Gasteiger charge is 2.47. The number of hydrogen-bond acceptors (Lipinski definition) is 2. The molecule has 1 atom stereocenters. The van der Waals surface area contributed by atoms with Gasteiger partial charge in [-0.1, -0.05) is 17.7 Å². The quantitative estimate of drug-likeness (QED) is 0.845. The first-order valence-corrected chi connectivity index (χ1v) is 5.89. The molecule has 2 rings (SSSR count). The monoisotopic (exact) mass is 220 g/mol. The average molecular weight is 220 g/mol. The molecule has 0 spiro atoms. The van der Waals surface area contributed by atoms with Crippen molar-refractivity contribution in [3.05, 3.63) is 29.3 Å². The summed E-state index contributed by atoms with van der Waals surface area (Å²) in [5.74, 6) is 0.942. The van der Waals surface area contributed by atoms with E-state index in [0.717, 1.165) is 25.0 Å². The summed E-state index contributed by atoms with van der Waals surface area (Å²) in [5.41, 5.74) is 2.58. The van der Waals surface area contributed by atoms with Crippen LogP contribution in [0.5, 0.6) is 5.75 Å². The molecule has 0 aliphatic heterocycles. The van der Waals surface area contributed by atoms with Crippen molar-refractivity contribution in [3.63, 3.8) is 0 Å². The Kier molecular flexibility index (Phi) is 2.94. The summed E-state index contributed by atoms with van der Waals surface area (Å²) >= 11 is 0. The second kappa shape index (κ2) is 4.10. The Balaban J connectivity index is 2.23. The maximum absolute atomic E-state index is 9.80. The Morgan fingerprint density at radius 2 is 2.12 bits per heavy atom. The highest BCUT2D eigenvalue weighted by molar-refractivity contribution is 5.38. The maximum Gasteiger partial charge on any atom is 0.122 e. The Morgan fingerprint density at radius 1 is 1.44 bits per heavy atom. The molecule has 1 aromatic carbocycles. The van der Waals surface area contributed by atoms with E-state index in [2.05, 4.69) is 19.1 Å². The molecule has 0 aromatic heterocycles. The summed E-state index contributed by atoms with van der Waals surface area (Å²) < 4.78 is 5.37. The number of benzene rings is 1. The molecule has 88 valence electrons. The zero-order valence-corrected chi connectivity index (χ0v) is 10.3. The van der Waals surface area contributed by atoms with Gasteiger partial charge in [-0.15, -0.1) is 0 Å². The topological polar surface area (TPSA) is 29.5 Å². The van der Waals surface area contributed by atoms with Crippen LogP contribution in [0.3, 0.4) is 0 Å². The van der Waals surface area contributed by atoms with Gasteiger partial charge in [0.25, 0.3) is 0 Å². The minimum Gasteiger partial charge on any atom is -0.496 e. The lowest BCUT2D eigenvalue weighted by atomic mass is 9.90. The van der Waals surface area contributed by atoms with Crippen LogP contribution >= 0.6 is 0 Å². The van der Waals surface area contributed by atoms with Crippen molar-refractivity contribution in [2.75, 3.05) is 7.11 Å².